The number of likely N-dealkylation sites (N-methyl/N-ethyl adjacent to an activating group) is 1. The molecular weight excluding hydrogens is 782 g/mol. The molecule has 0 fully saturated rings. The van der Waals surface area contributed by atoms with Gasteiger partial charge < -0.3 is 35.3 Å². The number of anilines is 3. The SMILES string of the molecule is COC[C@H](C)S(=O)(=O)c1ccc(N)cc1CN(C)C(=O)C(Nc1ccc2c(N(C(=O)OC(C)(C)C)C(=O)OC(C)(C)C)ncc(F)c2c1)c1ccc([C@@H](C)CO)c(C)c1. The van der Waals surface area contributed by atoms with Crippen molar-refractivity contribution in [2.45, 2.75) is 102 Å². The third-order valence-corrected chi connectivity index (χ3v) is 11.5. The van der Waals surface area contributed by atoms with Gasteiger partial charge in [-0.3, -0.25) is 4.79 Å². The van der Waals surface area contributed by atoms with Crippen molar-refractivity contribution in [3.8, 4) is 0 Å². The van der Waals surface area contributed by atoms with Crippen molar-refractivity contribution in [3.63, 3.8) is 0 Å². The number of imide groups is 1. The van der Waals surface area contributed by atoms with E-state index >= 15 is 4.39 Å². The van der Waals surface area contributed by atoms with Crippen LogP contribution in [0.15, 0.2) is 65.7 Å². The van der Waals surface area contributed by atoms with Crippen LogP contribution in [0.2, 0.25) is 0 Å². The van der Waals surface area contributed by atoms with E-state index in [2.05, 4.69) is 10.3 Å². The molecule has 14 nitrogen and oxygen atoms in total. The number of carbonyl (C=O) groups is 3. The van der Waals surface area contributed by atoms with Gasteiger partial charge in [0.05, 0.1) is 22.9 Å². The largest absolute Gasteiger partial charge is 0.443 e. The van der Waals surface area contributed by atoms with Crippen molar-refractivity contribution in [1.82, 2.24) is 9.88 Å². The maximum absolute atomic E-state index is 15.7. The number of aryl methyl sites for hydroxylation is 1. The third kappa shape index (κ3) is 11.2. The number of nitrogens with one attached hydrogen (secondary N) is 1. The predicted octanol–water partition coefficient (Wildman–Crippen LogP) is 7.66. The summed E-state index contributed by atoms with van der Waals surface area (Å²) in [6, 6.07) is 13.1. The highest BCUT2D eigenvalue weighted by atomic mass is 32.2. The van der Waals surface area contributed by atoms with E-state index in [1.54, 1.807) is 53.7 Å². The highest BCUT2D eigenvalue weighted by Crippen LogP contribution is 2.34. The normalized spacial score (nSPS) is 13.6. The van der Waals surface area contributed by atoms with Gasteiger partial charge in [-0.05, 0) is 114 Å². The first-order valence-corrected chi connectivity index (χ1v) is 20.6. The number of carbonyl (C=O) groups excluding carboxylic acids is 3. The van der Waals surface area contributed by atoms with Crippen LogP contribution in [-0.2, 0) is 35.4 Å². The quantitative estimate of drug-likeness (QED) is 0.112. The summed E-state index contributed by atoms with van der Waals surface area (Å²) in [6.07, 6.45) is -1.29. The topological polar surface area (TPSA) is 191 Å². The molecule has 0 aliphatic heterocycles. The molecule has 320 valence electrons. The molecule has 3 amide bonds. The standard InChI is InChI=1S/C43H56FN5O9S/c1-25-18-28(12-15-32(25)26(2)23-50)37(39(51)48(10)22-29-19-30(45)13-17-36(29)59(54,55)27(3)24-56-11)47-31-14-16-33-34(20-31)35(44)21-46-38(33)49(40(52)57-42(4,5)6)41(53)58-43(7,8)9/h12-21,26-27,37,47,50H,22-24,45H2,1-11H3/t26-,27-,37?/m0/s1. The summed E-state index contributed by atoms with van der Waals surface area (Å²) in [5.41, 5.74) is 7.22. The second-order valence-electron chi connectivity index (χ2n) is 16.6. The van der Waals surface area contributed by atoms with Gasteiger partial charge in [0.1, 0.15) is 23.1 Å². The van der Waals surface area contributed by atoms with Gasteiger partial charge in [0, 0.05) is 55.4 Å². The Balaban J connectivity index is 1.83. The Labute approximate surface area is 345 Å². The van der Waals surface area contributed by atoms with E-state index in [0.29, 0.717) is 21.7 Å². The van der Waals surface area contributed by atoms with E-state index in [-0.39, 0.29) is 52.8 Å². The Morgan fingerprint density at radius 2 is 1.56 bits per heavy atom. The molecule has 0 aliphatic rings. The number of sulfone groups is 1. The minimum absolute atomic E-state index is 0.0137. The maximum Gasteiger partial charge on any atom is 0.425 e. The number of ether oxygens (including phenoxy) is 3. The van der Waals surface area contributed by atoms with E-state index in [4.69, 9.17) is 19.9 Å². The van der Waals surface area contributed by atoms with Crippen molar-refractivity contribution >= 4 is 55.9 Å². The average Bonchev–Trinajstić information content (AvgIpc) is 3.13. The lowest BCUT2D eigenvalue weighted by Crippen LogP contribution is -2.44. The van der Waals surface area contributed by atoms with Crippen LogP contribution in [-0.4, -0.2) is 85.3 Å². The number of benzene rings is 3. The second kappa shape index (κ2) is 18.3. The number of hydrogen-bond acceptors (Lipinski definition) is 12. The number of hydrogen-bond donors (Lipinski definition) is 3. The molecule has 16 heteroatoms. The predicted molar refractivity (Wildman–Crippen MR) is 226 cm³/mol. The van der Waals surface area contributed by atoms with Crippen LogP contribution in [0, 0.1) is 12.7 Å². The molecule has 59 heavy (non-hydrogen) atoms. The van der Waals surface area contributed by atoms with Crippen molar-refractivity contribution in [2.75, 3.05) is 43.3 Å². The summed E-state index contributed by atoms with van der Waals surface area (Å²) < 4.78 is 59.1. The molecule has 0 bridgehead atoms. The zero-order chi connectivity index (χ0) is 44.2. The zero-order valence-electron chi connectivity index (χ0n) is 35.5. The fourth-order valence-electron chi connectivity index (χ4n) is 6.40. The van der Waals surface area contributed by atoms with Crippen molar-refractivity contribution in [2.24, 2.45) is 0 Å². The number of halogens is 1. The summed E-state index contributed by atoms with van der Waals surface area (Å²) in [5.74, 6) is -1.66. The lowest BCUT2D eigenvalue weighted by Gasteiger charge is -2.29. The molecule has 3 atom stereocenters. The first-order chi connectivity index (χ1) is 27.4. The Kier molecular flexibility index (Phi) is 14.4. The minimum atomic E-state index is -3.88. The van der Waals surface area contributed by atoms with Gasteiger partial charge in [-0.25, -0.2) is 27.4 Å². The molecule has 4 aromatic rings. The number of pyridine rings is 1. The summed E-state index contributed by atoms with van der Waals surface area (Å²) in [4.78, 5) is 47.7. The molecule has 4 rings (SSSR count). The second-order valence-corrected chi connectivity index (χ2v) is 19.0. The van der Waals surface area contributed by atoms with Crippen LogP contribution in [0.3, 0.4) is 0 Å². The van der Waals surface area contributed by atoms with Gasteiger partial charge in [-0.2, -0.15) is 4.90 Å². The number of methoxy groups -OCH3 is 1. The van der Waals surface area contributed by atoms with Gasteiger partial charge in [0.2, 0.25) is 5.91 Å². The third-order valence-electron chi connectivity index (χ3n) is 9.28. The maximum atomic E-state index is 15.7. The number of aromatic nitrogens is 1. The smallest absolute Gasteiger partial charge is 0.425 e. The lowest BCUT2D eigenvalue weighted by molar-refractivity contribution is -0.131. The molecule has 0 saturated carbocycles. The molecule has 3 aromatic carbocycles. The van der Waals surface area contributed by atoms with Gasteiger partial charge in [0.25, 0.3) is 0 Å². The van der Waals surface area contributed by atoms with E-state index in [0.717, 1.165) is 17.3 Å². The first kappa shape index (κ1) is 46.4. The molecule has 1 heterocycles. The summed E-state index contributed by atoms with van der Waals surface area (Å²) in [6.45, 7) is 14.8. The van der Waals surface area contributed by atoms with Crippen molar-refractivity contribution < 1.29 is 46.5 Å². The van der Waals surface area contributed by atoms with Gasteiger partial charge in [-0.15, -0.1) is 0 Å². The summed E-state index contributed by atoms with van der Waals surface area (Å²) in [7, 11) is -0.937. The molecular formula is C43H56FN5O9S. The van der Waals surface area contributed by atoms with Crippen molar-refractivity contribution in [3.05, 3.63) is 88.9 Å². The van der Waals surface area contributed by atoms with E-state index in [1.165, 1.54) is 56.3 Å². The highest BCUT2D eigenvalue weighted by Gasteiger charge is 2.35. The molecule has 0 radical (unpaired) electrons. The molecule has 0 saturated heterocycles. The van der Waals surface area contributed by atoms with Crippen LogP contribution in [0.4, 0.5) is 31.2 Å². The van der Waals surface area contributed by atoms with Crippen LogP contribution in [0.1, 0.15) is 89.6 Å². The number of nitrogens with zero attached hydrogens (tertiary/aromatic N) is 3. The van der Waals surface area contributed by atoms with E-state index in [1.807, 2.05) is 26.0 Å². The zero-order valence-corrected chi connectivity index (χ0v) is 36.4. The fourth-order valence-corrected chi connectivity index (χ4v) is 7.90. The number of aliphatic hydroxyl groups excluding tert-OH is 1. The highest BCUT2D eigenvalue weighted by molar-refractivity contribution is 7.92. The van der Waals surface area contributed by atoms with Gasteiger partial charge in [-0.1, -0.05) is 25.1 Å². The molecule has 1 unspecified atom stereocenters. The van der Waals surface area contributed by atoms with Crippen molar-refractivity contribution in [1.29, 1.82) is 0 Å². The van der Waals surface area contributed by atoms with E-state index < -0.39 is 56.2 Å². The molecule has 1 aromatic heterocycles. The number of nitrogen functional groups attached to an aromatic ring is 1. The van der Waals surface area contributed by atoms with Crippen LogP contribution >= 0.6 is 0 Å². The number of nitrogens with two attached hydrogens (primary N) is 1. The van der Waals surface area contributed by atoms with Gasteiger partial charge in [0.15, 0.2) is 15.7 Å². The fraction of sp³-hybridized carbons (Fsp3) is 0.442. The van der Waals surface area contributed by atoms with Crippen LogP contribution in [0.5, 0.6) is 0 Å². The van der Waals surface area contributed by atoms with E-state index in [9.17, 15) is 27.9 Å². The minimum Gasteiger partial charge on any atom is -0.443 e. The Morgan fingerprint density at radius 1 is 0.932 bits per heavy atom. The number of fused-ring (bicyclic) bond motifs is 1. The molecule has 0 aliphatic carbocycles. The number of amides is 3. The summed E-state index contributed by atoms with van der Waals surface area (Å²) >= 11 is 0. The number of rotatable bonds is 13. The van der Waals surface area contributed by atoms with Crippen LogP contribution in [0.25, 0.3) is 10.8 Å². The van der Waals surface area contributed by atoms with Crippen LogP contribution < -0.4 is 16.0 Å². The molecule has 4 N–H and O–H groups in total. The Bertz CT molecular complexity index is 2280. The average molecular weight is 838 g/mol. The number of aliphatic hydroxyl groups is 1. The lowest BCUT2D eigenvalue weighted by atomic mass is 9.93. The summed E-state index contributed by atoms with van der Waals surface area (Å²) in [5, 5.41) is 12.2. The molecule has 0 spiro atoms. The van der Waals surface area contributed by atoms with Gasteiger partial charge >= 0.3 is 12.2 Å². The first-order valence-electron chi connectivity index (χ1n) is 19.1. The Morgan fingerprint density at radius 3 is 2.12 bits per heavy atom. The Hall–Kier alpha value is -5.32. The monoisotopic (exact) mass is 837 g/mol.